The summed E-state index contributed by atoms with van der Waals surface area (Å²) in [5.74, 6) is -1.53. The van der Waals surface area contributed by atoms with Crippen LogP contribution in [0.15, 0.2) is 77.7 Å². The number of hydrogen-bond acceptors (Lipinski definition) is 4. The zero-order chi connectivity index (χ0) is 28.7. The molecule has 0 spiro atoms. The smallest absolute Gasteiger partial charge is 0.264 e. The second-order valence-corrected chi connectivity index (χ2v) is 12.1. The Labute approximate surface area is 238 Å². The third kappa shape index (κ3) is 7.94. The van der Waals surface area contributed by atoms with E-state index in [-0.39, 0.29) is 33.6 Å². The first-order valence-electron chi connectivity index (χ1n) is 12.2. The number of anilines is 1. The average Bonchev–Trinajstić information content (AvgIpc) is 2.89. The molecule has 3 aromatic rings. The number of nitrogens with one attached hydrogen (secondary N) is 1. The van der Waals surface area contributed by atoms with Gasteiger partial charge in [0.2, 0.25) is 11.8 Å². The Kier molecular flexibility index (Phi) is 10.4. The van der Waals surface area contributed by atoms with Gasteiger partial charge in [-0.15, -0.1) is 0 Å². The van der Waals surface area contributed by atoms with Gasteiger partial charge in [-0.1, -0.05) is 61.3 Å². The van der Waals surface area contributed by atoms with E-state index >= 15 is 0 Å². The van der Waals surface area contributed by atoms with Crippen LogP contribution in [0.1, 0.15) is 26.3 Å². The fourth-order valence-corrected chi connectivity index (χ4v) is 5.46. The zero-order valence-corrected chi connectivity index (χ0v) is 24.1. The molecule has 0 aromatic heterocycles. The Balaban J connectivity index is 2.02. The Morgan fingerprint density at radius 2 is 1.59 bits per heavy atom. The van der Waals surface area contributed by atoms with Gasteiger partial charge in [-0.2, -0.15) is 0 Å². The number of hydrogen-bond donors (Lipinski definition) is 1. The number of nitrogens with zero attached hydrogens (tertiary/aromatic N) is 2. The van der Waals surface area contributed by atoms with E-state index < -0.39 is 40.2 Å². The molecule has 3 rings (SSSR count). The first-order valence-corrected chi connectivity index (χ1v) is 14.4. The first-order chi connectivity index (χ1) is 18.4. The number of halogens is 3. The molecule has 39 heavy (non-hydrogen) atoms. The topological polar surface area (TPSA) is 86.8 Å². The molecule has 0 aliphatic carbocycles. The monoisotopic (exact) mass is 593 g/mol. The lowest BCUT2D eigenvalue weighted by Crippen LogP contribution is -2.51. The lowest BCUT2D eigenvalue weighted by molar-refractivity contribution is -0.139. The SMILES string of the molecule is CC(C)CNC(=O)[C@H](C)N(Cc1ccccc1F)C(=O)CN(c1cccc(Cl)c1)S(=O)(=O)c1ccc(Cl)cc1. The summed E-state index contributed by atoms with van der Waals surface area (Å²) in [5, 5.41) is 3.39. The van der Waals surface area contributed by atoms with Crippen molar-refractivity contribution in [3.63, 3.8) is 0 Å². The van der Waals surface area contributed by atoms with E-state index in [1.165, 1.54) is 66.4 Å². The molecule has 0 unspecified atom stereocenters. The molecule has 0 saturated carbocycles. The molecule has 0 heterocycles. The molecule has 0 aliphatic rings. The van der Waals surface area contributed by atoms with Crippen LogP contribution in [0.3, 0.4) is 0 Å². The van der Waals surface area contributed by atoms with Crippen molar-refractivity contribution in [1.82, 2.24) is 10.2 Å². The number of carbonyl (C=O) groups excluding carboxylic acids is 2. The van der Waals surface area contributed by atoms with Crippen LogP contribution >= 0.6 is 23.2 Å². The van der Waals surface area contributed by atoms with Crippen LogP contribution in [0, 0.1) is 11.7 Å². The third-order valence-corrected chi connectivity index (χ3v) is 8.20. The largest absolute Gasteiger partial charge is 0.354 e. The summed E-state index contributed by atoms with van der Waals surface area (Å²) in [4.78, 5) is 27.8. The second kappa shape index (κ2) is 13.3. The van der Waals surface area contributed by atoms with Crippen LogP contribution in [-0.4, -0.2) is 44.3 Å². The zero-order valence-electron chi connectivity index (χ0n) is 21.8. The molecule has 3 aromatic carbocycles. The maximum Gasteiger partial charge on any atom is 0.264 e. The number of rotatable bonds is 11. The van der Waals surface area contributed by atoms with Gasteiger partial charge in [-0.3, -0.25) is 13.9 Å². The van der Waals surface area contributed by atoms with Gasteiger partial charge in [0.05, 0.1) is 10.6 Å². The fraction of sp³-hybridized carbons (Fsp3) is 0.286. The molecule has 0 radical (unpaired) electrons. The van der Waals surface area contributed by atoms with Gasteiger partial charge in [0.1, 0.15) is 18.4 Å². The van der Waals surface area contributed by atoms with Crippen molar-refractivity contribution < 1.29 is 22.4 Å². The molecule has 0 saturated heterocycles. The van der Waals surface area contributed by atoms with Crippen LogP contribution in [0.4, 0.5) is 10.1 Å². The number of benzene rings is 3. The molecule has 1 N–H and O–H groups in total. The Morgan fingerprint density at radius 3 is 2.21 bits per heavy atom. The van der Waals surface area contributed by atoms with Gasteiger partial charge >= 0.3 is 0 Å². The predicted octanol–water partition coefficient (Wildman–Crippen LogP) is 5.52. The fourth-order valence-electron chi connectivity index (χ4n) is 3.74. The summed E-state index contributed by atoms with van der Waals surface area (Å²) in [6.07, 6.45) is 0. The van der Waals surface area contributed by atoms with Gasteiger partial charge in [-0.25, -0.2) is 12.8 Å². The molecule has 0 fully saturated rings. The summed E-state index contributed by atoms with van der Waals surface area (Å²) in [7, 11) is -4.27. The molecular formula is C28H30Cl2FN3O4S. The quantitative estimate of drug-likeness (QED) is 0.317. The highest BCUT2D eigenvalue weighted by molar-refractivity contribution is 7.92. The van der Waals surface area contributed by atoms with E-state index in [2.05, 4.69) is 5.32 Å². The highest BCUT2D eigenvalue weighted by Gasteiger charge is 2.33. The van der Waals surface area contributed by atoms with Crippen LogP contribution in [0.2, 0.25) is 10.0 Å². The summed E-state index contributed by atoms with van der Waals surface area (Å²) in [6.45, 7) is 4.85. The summed E-state index contributed by atoms with van der Waals surface area (Å²) >= 11 is 12.1. The van der Waals surface area contributed by atoms with Crippen LogP contribution in [0.25, 0.3) is 0 Å². The normalized spacial score (nSPS) is 12.2. The number of sulfonamides is 1. The Morgan fingerprint density at radius 1 is 0.923 bits per heavy atom. The van der Waals surface area contributed by atoms with Gasteiger partial charge in [0, 0.05) is 28.7 Å². The van der Waals surface area contributed by atoms with E-state index in [0.717, 1.165) is 4.31 Å². The summed E-state index contributed by atoms with van der Waals surface area (Å²) in [6, 6.07) is 16.5. The van der Waals surface area contributed by atoms with Crippen molar-refractivity contribution in [2.75, 3.05) is 17.4 Å². The van der Waals surface area contributed by atoms with Gasteiger partial charge < -0.3 is 10.2 Å². The highest BCUT2D eigenvalue weighted by atomic mass is 35.5. The maximum absolute atomic E-state index is 14.6. The van der Waals surface area contributed by atoms with Gasteiger partial charge in [-0.05, 0) is 61.4 Å². The molecule has 11 heteroatoms. The summed E-state index contributed by atoms with van der Waals surface area (Å²) < 4.78 is 43.0. The maximum atomic E-state index is 14.6. The van der Waals surface area contributed by atoms with Gasteiger partial charge in [0.15, 0.2) is 0 Å². The lowest BCUT2D eigenvalue weighted by atomic mass is 10.1. The lowest BCUT2D eigenvalue weighted by Gasteiger charge is -2.32. The van der Waals surface area contributed by atoms with E-state index in [0.29, 0.717) is 11.6 Å². The Bertz CT molecular complexity index is 1420. The van der Waals surface area contributed by atoms with E-state index in [9.17, 15) is 22.4 Å². The minimum atomic E-state index is -4.27. The minimum Gasteiger partial charge on any atom is -0.354 e. The predicted molar refractivity (Wildman–Crippen MR) is 152 cm³/mol. The highest BCUT2D eigenvalue weighted by Crippen LogP contribution is 2.27. The third-order valence-electron chi connectivity index (χ3n) is 5.93. The number of amides is 2. The van der Waals surface area contributed by atoms with E-state index in [1.54, 1.807) is 18.2 Å². The van der Waals surface area contributed by atoms with Crippen molar-refractivity contribution >= 4 is 50.7 Å². The summed E-state index contributed by atoms with van der Waals surface area (Å²) in [5.41, 5.74) is 0.331. The van der Waals surface area contributed by atoms with Crippen LogP contribution < -0.4 is 9.62 Å². The van der Waals surface area contributed by atoms with Gasteiger partial charge in [0.25, 0.3) is 10.0 Å². The van der Waals surface area contributed by atoms with E-state index in [1.807, 2.05) is 13.8 Å². The van der Waals surface area contributed by atoms with Crippen molar-refractivity contribution in [3.05, 3.63) is 94.2 Å². The minimum absolute atomic E-state index is 0.0944. The van der Waals surface area contributed by atoms with Crippen LogP contribution in [0.5, 0.6) is 0 Å². The molecule has 1 atom stereocenters. The Hall–Kier alpha value is -3.14. The average molecular weight is 595 g/mol. The van der Waals surface area contributed by atoms with Crippen molar-refractivity contribution in [1.29, 1.82) is 0 Å². The van der Waals surface area contributed by atoms with Crippen molar-refractivity contribution in [2.24, 2.45) is 5.92 Å². The molecule has 7 nitrogen and oxygen atoms in total. The van der Waals surface area contributed by atoms with E-state index in [4.69, 9.17) is 23.2 Å². The second-order valence-electron chi connectivity index (χ2n) is 9.37. The first kappa shape index (κ1) is 30.4. The molecule has 2 amide bonds. The molecule has 0 bridgehead atoms. The standard InChI is InChI=1S/C28H30Cl2FN3O4S/c1-19(2)16-32-28(36)20(3)33(17-21-7-4-5-10-26(21)31)27(35)18-34(24-9-6-8-23(30)15-24)39(37,38)25-13-11-22(29)12-14-25/h4-15,19-20H,16-18H2,1-3H3,(H,32,36)/t20-/m0/s1. The molecule has 208 valence electrons. The molecular weight excluding hydrogens is 564 g/mol. The van der Waals surface area contributed by atoms with Crippen LogP contribution in [-0.2, 0) is 26.2 Å². The van der Waals surface area contributed by atoms with Crippen molar-refractivity contribution in [2.45, 2.75) is 38.3 Å². The number of carbonyl (C=O) groups is 2. The molecule has 0 aliphatic heterocycles. The van der Waals surface area contributed by atoms with Crippen molar-refractivity contribution in [3.8, 4) is 0 Å².